The molecular formula is C11H21N3O2. The van der Waals surface area contributed by atoms with Gasteiger partial charge >= 0.3 is 0 Å². The lowest BCUT2D eigenvalue weighted by atomic mass is 9.88. The van der Waals surface area contributed by atoms with Gasteiger partial charge in [0.1, 0.15) is 0 Å². The van der Waals surface area contributed by atoms with Gasteiger partial charge in [-0.15, -0.1) is 0 Å². The van der Waals surface area contributed by atoms with Crippen LogP contribution in [0.5, 0.6) is 0 Å². The third kappa shape index (κ3) is 2.87. The quantitative estimate of drug-likeness (QED) is 0.284. The molecule has 1 atom stereocenters. The molecule has 0 aromatic heterocycles. The molecule has 1 aliphatic rings. The summed E-state index contributed by atoms with van der Waals surface area (Å²) in [5, 5.41) is 14.5. The second kappa shape index (κ2) is 4.72. The van der Waals surface area contributed by atoms with Crippen molar-refractivity contribution in [2.45, 2.75) is 46.1 Å². The molecular weight excluding hydrogens is 206 g/mol. The first kappa shape index (κ1) is 12.8. The Hall–Kier alpha value is -1.26. The van der Waals surface area contributed by atoms with Crippen molar-refractivity contribution in [1.82, 2.24) is 5.32 Å². The predicted molar refractivity (Wildman–Crippen MR) is 62.1 cm³/mol. The first-order chi connectivity index (χ1) is 7.42. The molecule has 0 spiro atoms. The number of nitrogens with two attached hydrogens (primary N) is 1. The van der Waals surface area contributed by atoms with Crippen LogP contribution >= 0.6 is 0 Å². The molecule has 5 heteroatoms. The van der Waals surface area contributed by atoms with Crippen LogP contribution < -0.4 is 11.1 Å². The molecule has 1 saturated carbocycles. The summed E-state index contributed by atoms with van der Waals surface area (Å²) < 4.78 is 0. The van der Waals surface area contributed by atoms with Gasteiger partial charge in [-0.3, -0.25) is 4.79 Å². The number of carbonyl (C=O) groups is 1. The first-order valence-corrected chi connectivity index (χ1v) is 5.70. The average Bonchev–Trinajstić information content (AvgIpc) is 3.08. The van der Waals surface area contributed by atoms with Gasteiger partial charge in [0.15, 0.2) is 5.84 Å². The Kier molecular flexibility index (Phi) is 3.78. The van der Waals surface area contributed by atoms with E-state index in [4.69, 9.17) is 10.9 Å². The van der Waals surface area contributed by atoms with Gasteiger partial charge < -0.3 is 16.3 Å². The van der Waals surface area contributed by atoms with E-state index in [9.17, 15) is 4.79 Å². The summed E-state index contributed by atoms with van der Waals surface area (Å²) in [4.78, 5) is 12.0. The molecule has 0 aromatic carbocycles. The number of hydrogen-bond acceptors (Lipinski definition) is 3. The number of nitrogens with zero attached hydrogens (tertiary/aromatic N) is 1. The van der Waals surface area contributed by atoms with Crippen LogP contribution in [0.1, 0.15) is 40.0 Å². The van der Waals surface area contributed by atoms with E-state index >= 15 is 0 Å². The van der Waals surface area contributed by atoms with Crippen molar-refractivity contribution in [3.05, 3.63) is 0 Å². The monoisotopic (exact) mass is 227 g/mol. The van der Waals surface area contributed by atoms with E-state index in [1.807, 2.05) is 20.8 Å². The minimum Gasteiger partial charge on any atom is -0.409 e. The third-order valence-corrected chi connectivity index (χ3v) is 3.31. The van der Waals surface area contributed by atoms with Gasteiger partial charge in [0, 0.05) is 5.41 Å². The molecule has 0 radical (unpaired) electrons. The molecule has 5 nitrogen and oxygen atoms in total. The Labute approximate surface area is 96.1 Å². The Balaban J connectivity index is 2.66. The zero-order valence-electron chi connectivity index (χ0n) is 10.2. The normalized spacial score (nSPS) is 19.3. The average molecular weight is 227 g/mol. The molecule has 0 aliphatic heterocycles. The Morgan fingerprint density at radius 3 is 2.56 bits per heavy atom. The van der Waals surface area contributed by atoms with Crippen LogP contribution in [-0.2, 0) is 4.79 Å². The molecule has 0 bridgehead atoms. The SMILES string of the molecule is CCC(C)(C)C(=O)NC(C(N)=NO)C1CC1. The molecule has 1 fully saturated rings. The molecule has 4 N–H and O–H groups in total. The summed E-state index contributed by atoms with van der Waals surface area (Å²) in [6, 6.07) is -0.316. The van der Waals surface area contributed by atoms with Crippen LogP contribution in [0.3, 0.4) is 0 Å². The number of oxime groups is 1. The molecule has 1 rings (SSSR count). The summed E-state index contributed by atoms with van der Waals surface area (Å²) in [6.07, 6.45) is 2.80. The molecule has 0 heterocycles. The minimum absolute atomic E-state index is 0.0431. The van der Waals surface area contributed by atoms with Crippen LogP contribution in [0, 0.1) is 11.3 Å². The van der Waals surface area contributed by atoms with E-state index in [2.05, 4.69) is 10.5 Å². The fourth-order valence-electron chi connectivity index (χ4n) is 1.42. The largest absolute Gasteiger partial charge is 0.409 e. The van der Waals surface area contributed by atoms with Gasteiger partial charge in [0.05, 0.1) is 6.04 Å². The molecule has 1 unspecified atom stereocenters. The van der Waals surface area contributed by atoms with Crippen molar-refractivity contribution >= 4 is 11.7 Å². The van der Waals surface area contributed by atoms with E-state index in [0.29, 0.717) is 5.92 Å². The maximum absolute atomic E-state index is 12.0. The standard InChI is InChI=1S/C11H21N3O2/c1-4-11(2,3)10(15)13-8(7-5-6-7)9(12)14-16/h7-8,16H,4-6H2,1-3H3,(H2,12,14)(H,13,15). The predicted octanol–water partition coefficient (Wildman–Crippen LogP) is 1.06. The number of hydrogen-bond donors (Lipinski definition) is 3. The lowest BCUT2D eigenvalue weighted by molar-refractivity contribution is -0.129. The summed E-state index contributed by atoms with van der Waals surface area (Å²) >= 11 is 0. The highest BCUT2D eigenvalue weighted by Crippen LogP contribution is 2.33. The first-order valence-electron chi connectivity index (χ1n) is 5.70. The van der Waals surface area contributed by atoms with Gasteiger partial charge in [0.25, 0.3) is 0 Å². The lowest BCUT2D eigenvalue weighted by Gasteiger charge is -2.25. The molecule has 0 aromatic rings. The van der Waals surface area contributed by atoms with Crippen LogP contribution in [0.4, 0.5) is 0 Å². The molecule has 1 amide bonds. The summed E-state index contributed by atoms with van der Waals surface area (Å²) in [7, 11) is 0. The van der Waals surface area contributed by atoms with Crippen LogP contribution in [0.15, 0.2) is 5.16 Å². The molecule has 0 saturated heterocycles. The highest BCUT2D eigenvalue weighted by atomic mass is 16.4. The third-order valence-electron chi connectivity index (χ3n) is 3.31. The van der Waals surface area contributed by atoms with Gasteiger partial charge in [-0.1, -0.05) is 25.9 Å². The van der Waals surface area contributed by atoms with Crippen molar-refractivity contribution in [3.63, 3.8) is 0 Å². The van der Waals surface area contributed by atoms with Crippen LogP contribution in [-0.4, -0.2) is 23.0 Å². The van der Waals surface area contributed by atoms with Crippen LogP contribution in [0.25, 0.3) is 0 Å². The maximum atomic E-state index is 12.0. The maximum Gasteiger partial charge on any atom is 0.226 e. The van der Waals surface area contributed by atoms with E-state index < -0.39 is 5.41 Å². The number of amides is 1. The van der Waals surface area contributed by atoms with E-state index in [1.54, 1.807) is 0 Å². The fourth-order valence-corrected chi connectivity index (χ4v) is 1.42. The Morgan fingerprint density at radius 2 is 2.19 bits per heavy atom. The van der Waals surface area contributed by atoms with Crippen molar-refractivity contribution in [2.24, 2.45) is 22.2 Å². The highest BCUT2D eigenvalue weighted by molar-refractivity contribution is 5.92. The lowest BCUT2D eigenvalue weighted by Crippen LogP contribution is -2.50. The van der Waals surface area contributed by atoms with Gasteiger partial charge in [-0.2, -0.15) is 0 Å². The summed E-state index contributed by atoms with van der Waals surface area (Å²) in [5.74, 6) is 0.383. The minimum atomic E-state index is -0.414. The number of amidine groups is 1. The summed E-state index contributed by atoms with van der Waals surface area (Å²) in [6.45, 7) is 5.74. The smallest absolute Gasteiger partial charge is 0.226 e. The Bertz CT molecular complexity index is 296. The number of carbonyl (C=O) groups excluding carboxylic acids is 1. The Morgan fingerprint density at radius 1 is 1.62 bits per heavy atom. The van der Waals surface area contributed by atoms with Crippen molar-refractivity contribution in [1.29, 1.82) is 0 Å². The highest BCUT2D eigenvalue weighted by Gasteiger charge is 2.37. The van der Waals surface area contributed by atoms with Crippen molar-refractivity contribution in [2.75, 3.05) is 0 Å². The second-order valence-electron chi connectivity index (χ2n) is 5.05. The fraction of sp³-hybridized carbons (Fsp3) is 0.818. The van der Waals surface area contributed by atoms with Gasteiger partial charge in [-0.05, 0) is 25.2 Å². The zero-order chi connectivity index (χ0) is 12.3. The van der Waals surface area contributed by atoms with Crippen LogP contribution in [0.2, 0.25) is 0 Å². The number of nitrogens with one attached hydrogen (secondary N) is 1. The molecule has 16 heavy (non-hydrogen) atoms. The number of rotatable bonds is 5. The molecule has 92 valence electrons. The van der Waals surface area contributed by atoms with Crippen molar-refractivity contribution in [3.8, 4) is 0 Å². The van der Waals surface area contributed by atoms with E-state index in [0.717, 1.165) is 19.3 Å². The van der Waals surface area contributed by atoms with Crippen molar-refractivity contribution < 1.29 is 10.0 Å². The topological polar surface area (TPSA) is 87.7 Å². The van der Waals surface area contributed by atoms with E-state index in [-0.39, 0.29) is 17.8 Å². The summed E-state index contributed by atoms with van der Waals surface area (Å²) in [5.41, 5.74) is 5.16. The van der Waals surface area contributed by atoms with Gasteiger partial charge in [0.2, 0.25) is 5.91 Å². The molecule has 1 aliphatic carbocycles. The van der Waals surface area contributed by atoms with Gasteiger partial charge in [-0.25, -0.2) is 0 Å². The van der Waals surface area contributed by atoms with E-state index in [1.165, 1.54) is 0 Å². The zero-order valence-corrected chi connectivity index (χ0v) is 10.2. The second-order valence-corrected chi connectivity index (χ2v) is 5.05.